The Balaban J connectivity index is 2.42. The summed E-state index contributed by atoms with van der Waals surface area (Å²) >= 11 is 3.01. The summed E-state index contributed by atoms with van der Waals surface area (Å²) in [5, 5.41) is 17.7. The third-order valence-electron chi connectivity index (χ3n) is 2.68. The van der Waals surface area contributed by atoms with Gasteiger partial charge in [0.15, 0.2) is 23.1 Å². The number of ether oxygens (including phenoxy) is 2. The molecule has 0 aliphatic rings. The molecule has 0 radical (unpaired) electrons. The van der Waals surface area contributed by atoms with Gasteiger partial charge in [-0.05, 0) is 40.2 Å². The zero-order valence-corrected chi connectivity index (χ0v) is 12.4. The van der Waals surface area contributed by atoms with E-state index in [1.807, 2.05) is 12.1 Å². The highest BCUT2D eigenvalue weighted by atomic mass is 79.9. The van der Waals surface area contributed by atoms with Crippen LogP contribution in [0.15, 0.2) is 34.8 Å². The molecule has 0 bridgehead atoms. The van der Waals surface area contributed by atoms with E-state index >= 15 is 0 Å². The van der Waals surface area contributed by atoms with Crippen molar-refractivity contribution >= 4 is 15.9 Å². The minimum atomic E-state index is -0.680. The van der Waals surface area contributed by atoms with E-state index in [4.69, 9.17) is 20.0 Å². The lowest BCUT2D eigenvalue weighted by molar-refractivity contribution is 0.370. The first-order chi connectivity index (χ1) is 10.1. The molecule has 0 saturated heterocycles. The average molecular weight is 347 g/mol. The quantitative estimate of drug-likeness (QED) is 0.837. The summed E-state index contributed by atoms with van der Waals surface area (Å²) in [6, 6.07) is 11.2. The van der Waals surface area contributed by atoms with Gasteiger partial charge in [-0.15, -0.1) is 0 Å². The van der Waals surface area contributed by atoms with Gasteiger partial charge in [0.05, 0.1) is 28.8 Å². The number of nitriles is 2. The Morgan fingerprint density at radius 2 is 1.76 bits per heavy atom. The maximum Gasteiger partial charge on any atom is 0.181 e. The number of methoxy groups -OCH3 is 1. The zero-order chi connectivity index (χ0) is 15.4. The number of halogens is 2. The summed E-state index contributed by atoms with van der Waals surface area (Å²) in [5.74, 6) is -0.148. The van der Waals surface area contributed by atoms with Crippen molar-refractivity contribution in [3.8, 4) is 29.4 Å². The molecule has 0 aromatic heterocycles. The highest BCUT2D eigenvalue weighted by Gasteiger charge is 2.15. The largest absolute Gasteiger partial charge is 0.493 e. The number of rotatable bonds is 3. The first-order valence-electron chi connectivity index (χ1n) is 5.74. The van der Waals surface area contributed by atoms with Crippen molar-refractivity contribution in [2.45, 2.75) is 0 Å². The van der Waals surface area contributed by atoms with Crippen LogP contribution in [0.2, 0.25) is 0 Å². The van der Waals surface area contributed by atoms with Crippen LogP contribution < -0.4 is 9.47 Å². The van der Waals surface area contributed by atoms with E-state index in [2.05, 4.69) is 15.9 Å². The Morgan fingerprint density at radius 3 is 2.38 bits per heavy atom. The first kappa shape index (κ1) is 14.8. The lowest BCUT2D eigenvalue weighted by Gasteiger charge is -2.12. The van der Waals surface area contributed by atoms with Gasteiger partial charge in [-0.3, -0.25) is 0 Å². The van der Waals surface area contributed by atoms with E-state index in [0.29, 0.717) is 11.3 Å². The van der Waals surface area contributed by atoms with Crippen molar-refractivity contribution in [1.29, 1.82) is 10.5 Å². The second-order valence-corrected chi connectivity index (χ2v) is 4.72. The van der Waals surface area contributed by atoms with Gasteiger partial charge in [0.25, 0.3) is 0 Å². The third-order valence-corrected chi connectivity index (χ3v) is 3.46. The van der Waals surface area contributed by atoms with E-state index in [-0.39, 0.29) is 21.5 Å². The fraction of sp³-hybridized carbons (Fsp3) is 0.0667. The Labute approximate surface area is 129 Å². The van der Waals surface area contributed by atoms with Crippen LogP contribution in [0.25, 0.3) is 0 Å². The summed E-state index contributed by atoms with van der Waals surface area (Å²) in [5.41, 5.74) is 0.576. The minimum Gasteiger partial charge on any atom is -0.493 e. The van der Waals surface area contributed by atoms with Gasteiger partial charge < -0.3 is 9.47 Å². The monoisotopic (exact) mass is 346 g/mol. The molecule has 6 heteroatoms. The molecule has 0 heterocycles. The number of hydrogen-bond donors (Lipinski definition) is 0. The lowest BCUT2D eigenvalue weighted by atomic mass is 10.2. The highest BCUT2D eigenvalue weighted by molar-refractivity contribution is 9.10. The Hall–Kier alpha value is -2.57. The van der Waals surface area contributed by atoms with Gasteiger partial charge in [-0.2, -0.15) is 10.5 Å². The summed E-state index contributed by atoms with van der Waals surface area (Å²) in [6.45, 7) is 0. The van der Waals surface area contributed by atoms with Crippen LogP contribution in [0.4, 0.5) is 4.39 Å². The molecule has 0 aliphatic carbocycles. The number of nitrogens with zero attached hydrogens (tertiary/aromatic N) is 2. The zero-order valence-electron chi connectivity index (χ0n) is 10.9. The van der Waals surface area contributed by atoms with Gasteiger partial charge in [-0.1, -0.05) is 0 Å². The summed E-state index contributed by atoms with van der Waals surface area (Å²) < 4.78 is 24.7. The van der Waals surface area contributed by atoms with E-state index in [9.17, 15) is 4.39 Å². The summed E-state index contributed by atoms with van der Waals surface area (Å²) in [7, 11) is 1.43. The second-order valence-electron chi connectivity index (χ2n) is 3.93. The van der Waals surface area contributed by atoms with Crippen molar-refractivity contribution in [3.63, 3.8) is 0 Å². The molecule has 4 nitrogen and oxygen atoms in total. The molecule has 0 unspecified atom stereocenters. The van der Waals surface area contributed by atoms with E-state index in [0.717, 1.165) is 0 Å². The molecule has 0 atom stereocenters. The molecule has 104 valence electrons. The van der Waals surface area contributed by atoms with Crippen LogP contribution in [0.5, 0.6) is 17.2 Å². The van der Waals surface area contributed by atoms with Crippen LogP contribution in [0, 0.1) is 28.5 Å². The lowest BCUT2D eigenvalue weighted by Crippen LogP contribution is -1.95. The number of benzene rings is 2. The molecule has 2 aromatic carbocycles. The van der Waals surface area contributed by atoms with Gasteiger partial charge in [0, 0.05) is 6.07 Å². The van der Waals surface area contributed by atoms with Gasteiger partial charge in [0.2, 0.25) is 0 Å². The fourth-order valence-corrected chi connectivity index (χ4v) is 2.05. The van der Waals surface area contributed by atoms with Crippen molar-refractivity contribution in [1.82, 2.24) is 0 Å². The highest BCUT2D eigenvalue weighted by Crippen LogP contribution is 2.36. The van der Waals surface area contributed by atoms with E-state index in [1.54, 1.807) is 0 Å². The Bertz CT molecular complexity index is 778. The van der Waals surface area contributed by atoms with Crippen LogP contribution in [0.3, 0.4) is 0 Å². The van der Waals surface area contributed by atoms with Crippen molar-refractivity contribution in [2.75, 3.05) is 7.11 Å². The summed E-state index contributed by atoms with van der Waals surface area (Å²) in [4.78, 5) is 0. The van der Waals surface area contributed by atoms with Gasteiger partial charge in [-0.25, -0.2) is 4.39 Å². The first-order valence-corrected chi connectivity index (χ1v) is 6.54. The molecule has 0 amide bonds. The molecule has 0 spiro atoms. The SMILES string of the molecule is COc1cc(C#N)ccc1Oc1ccc(C#N)c(Br)c1F. The van der Waals surface area contributed by atoms with Crippen molar-refractivity contribution in [3.05, 3.63) is 51.7 Å². The smallest absolute Gasteiger partial charge is 0.181 e. The molecule has 0 saturated carbocycles. The maximum atomic E-state index is 14.1. The van der Waals surface area contributed by atoms with Crippen molar-refractivity contribution < 1.29 is 13.9 Å². The third kappa shape index (κ3) is 2.96. The fourth-order valence-electron chi connectivity index (χ4n) is 1.64. The standard InChI is InChI=1S/C15H8BrFN2O2/c1-20-13-6-9(7-18)2-4-11(13)21-12-5-3-10(8-19)14(16)15(12)17/h2-6H,1H3. The number of hydrogen-bond acceptors (Lipinski definition) is 4. The van der Waals surface area contributed by atoms with E-state index < -0.39 is 5.82 Å². The van der Waals surface area contributed by atoms with Crippen LogP contribution in [-0.4, -0.2) is 7.11 Å². The Morgan fingerprint density at radius 1 is 1.05 bits per heavy atom. The summed E-state index contributed by atoms with van der Waals surface area (Å²) in [6.07, 6.45) is 0. The molecular weight excluding hydrogens is 339 g/mol. The molecule has 0 N–H and O–H groups in total. The molecule has 0 fully saturated rings. The second kappa shape index (κ2) is 6.25. The topological polar surface area (TPSA) is 66.0 Å². The molecule has 2 aromatic rings. The van der Waals surface area contributed by atoms with E-state index in [1.165, 1.54) is 37.4 Å². The predicted molar refractivity (Wildman–Crippen MR) is 76.6 cm³/mol. The Kier molecular flexibility index (Phi) is 4.42. The average Bonchev–Trinajstić information content (AvgIpc) is 2.52. The normalized spacial score (nSPS) is 9.57. The van der Waals surface area contributed by atoms with Gasteiger partial charge >= 0.3 is 0 Å². The maximum absolute atomic E-state index is 14.1. The van der Waals surface area contributed by atoms with Crippen LogP contribution in [0.1, 0.15) is 11.1 Å². The van der Waals surface area contributed by atoms with Gasteiger partial charge in [0.1, 0.15) is 6.07 Å². The molecule has 0 aliphatic heterocycles. The molecule has 2 rings (SSSR count). The molecule has 21 heavy (non-hydrogen) atoms. The predicted octanol–water partition coefficient (Wildman–Crippen LogP) is 4.13. The van der Waals surface area contributed by atoms with Crippen LogP contribution >= 0.6 is 15.9 Å². The minimum absolute atomic E-state index is 0.0371. The van der Waals surface area contributed by atoms with Crippen molar-refractivity contribution in [2.24, 2.45) is 0 Å². The van der Waals surface area contributed by atoms with Crippen LogP contribution in [-0.2, 0) is 0 Å². The molecular formula is C15H8BrFN2O2.